The van der Waals surface area contributed by atoms with Crippen LogP contribution in [0.2, 0.25) is 0 Å². The van der Waals surface area contributed by atoms with Crippen LogP contribution in [0.1, 0.15) is 26.2 Å². The fourth-order valence-electron chi connectivity index (χ4n) is 1.20. The number of carboxylic acid groups (broad SMARTS) is 1. The minimum absolute atomic E-state index is 0.0403. The first-order chi connectivity index (χ1) is 7.04. The van der Waals surface area contributed by atoms with Crippen molar-refractivity contribution in [1.82, 2.24) is 5.01 Å². The summed E-state index contributed by atoms with van der Waals surface area (Å²) in [5.41, 5.74) is 0.900. The van der Waals surface area contributed by atoms with Crippen molar-refractivity contribution >= 4 is 17.6 Å². The highest BCUT2D eigenvalue weighted by Gasteiger charge is 2.23. The van der Waals surface area contributed by atoms with E-state index in [-0.39, 0.29) is 24.5 Å². The second kappa shape index (κ2) is 4.72. The van der Waals surface area contributed by atoms with Gasteiger partial charge in [0.05, 0.1) is 6.54 Å². The van der Waals surface area contributed by atoms with Crippen molar-refractivity contribution in [3.8, 4) is 0 Å². The molecule has 1 heterocycles. The van der Waals surface area contributed by atoms with Gasteiger partial charge in [-0.1, -0.05) is 19.1 Å². The number of carbonyl (C=O) groups is 2. The van der Waals surface area contributed by atoms with Crippen molar-refractivity contribution in [1.29, 1.82) is 0 Å². The van der Waals surface area contributed by atoms with Gasteiger partial charge in [-0.25, -0.2) is 9.80 Å². The molecule has 0 aromatic heterocycles. The third kappa shape index (κ3) is 2.90. The lowest BCUT2D eigenvalue weighted by molar-refractivity contribution is -0.132. The molecule has 82 valence electrons. The van der Waals surface area contributed by atoms with E-state index < -0.39 is 5.97 Å². The van der Waals surface area contributed by atoms with Crippen LogP contribution in [0.25, 0.3) is 0 Å². The third-order valence-corrected chi connectivity index (χ3v) is 2.23. The van der Waals surface area contributed by atoms with E-state index in [1.807, 2.05) is 6.92 Å². The Kier molecular flexibility index (Phi) is 3.60. The molecule has 0 saturated heterocycles. The van der Waals surface area contributed by atoms with Gasteiger partial charge in [-0.05, 0) is 6.42 Å². The highest BCUT2D eigenvalue weighted by Crippen LogP contribution is 2.12. The topological polar surface area (TPSA) is 70.0 Å². The van der Waals surface area contributed by atoms with Gasteiger partial charge in [-0.3, -0.25) is 4.79 Å². The molecule has 0 atom stereocenters. The van der Waals surface area contributed by atoms with Gasteiger partial charge in [0.15, 0.2) is 0 Å². The Morgan fingerprint density at radius 2 is 2.27 bits per heavy atom. The lowest BCUT2D eigenvalue weighted by atomic mass is 10.1. The number of carboxylic acids is 1. The van der Waals surface area contributed by atoms with Gasteiger partial charge >= 0.3 is 5.97 Å². The van der Waals surface area contributed by atoms with E-state index >= 15 is 0 Å². The molecular formula is C10H14N2O3. The SMILES string of the molecule is C=C(CC)CN1N=C(C(=O)O)CCC1=O. The molecule has 0 aromatic rings. The maximum absolute atomic E-state index is 11.4. The van der Waals surface area contributed by atoms with E-state index in [1.54, 1.807) is 0 Å². The molecule has 1 amide bonds. The monoisotopic (exact) mass is 210 g/mol. The van der Waals surface area contributed by atoms with Crippen molar-refractivity contribution in [3.63, 3.8) is 0 Å². The zero-order chi connectivity index (χ0) is 11.4. The summed E-state index contributed by atoms with van der Waals surface area (Å²) >= 11 is 0. The largest absolute Gasteiger partial charge is 0.477 e. The predicted molar refractivity (Wildman–Crippen MR) is 55.4 cm³/mol. The highest BCUT2D eigenvalue weighted by molar-refractivity contribution is 6.36. The summed E-state index contributed by atoms with van der Waals surface area (Å²) in [6.45, 7) is 6.00. The van der Waals surface area contributed by atoms with E-state index in [0.29, 0.717) is 6.54 Å². The Labute approximate surface area is 88.1 Å². The number of hydrogen-bond acceptors (Lipinski definition) is 3. The van der Waals surface area contributed by atoms with Crippen molar-refractivity contribution in [2.24, 2.45) is 5.10 Å². The number of carbonyl (C=O) groups excluding carboxylic acids is 1. The maximum atomic E-state index is 11.4. The first-order valence-corrected chi connectivity index (χ1v) is 4.82. The van der Waals surface area contributed by atoms with E-state index in [2.05, 4.69) is 11.7 Å². The van der Waals surface area contributed by atoms with Gasteiger partial charge in [0.1, 0.15) is 5.71 Å². The molecule has 0 fully saturated rings. The van der Waals surface area contributed by atoms with Crippen LogP contribution in [0.15, 0.2) is 17.3 Å². The van der Waals surface area contributed by atoms with Gasteiger partial charge < -0.3 is 5.11 Å². The van der Waals surface area contributed by atoms with Crippen molar-refractivity contribution < 1.29 is 14.7 Å². The van der Waals surface area contributed by atoms with Crippen LogP contribution in [0, 0.1) is 0 Å². The minimum atomic E-state index is -1.06. The smallest absolute Gasteiger partial charge is 0.352 e. The maximum Gasteiger partial charge on any atom is 0.352 e. The summed E-state index contributed by atoms with van der Waals surface area (Å²) < 4.78 is 0. The number of hydrazone groups is 1. The molecule has 1 aliphatic heterocycles. The van der Waals surface area contributed by atoms with E-state index in [0.717, 1.165) is 12.0 Å². The Morgan fingerprint density at radius 3 is 2.80 bits per heavy atom. The first kappa shape index (κ1) is 11.4. The molecule has 1 aliphatic rings. The van der Waals surface area contributed by atoms with Crippen LogP contribution < -0.4 is 0 Å². The lowest BCUT2D eigenvalue weighted by Crippen LogP contribution is -2.35. The molecule has 0 radical (unpaired) electrons. The third-order valence-electron chi connectivity index (χ3n) is 2.23. The van der Waals surface area contributed by atoms with Crippen LogP contribution in [0.5, 0.6) is 0 Å². The summed E-state index contributed by atoms with van der Waals surface area (Å²) in [6.07, 6.45) is 1.17. The van der Waals surface area contributed by atoms with E-state index in [1.165, 1.54) is 5.01 Å². The van der Waals surface area contributed by atoms with Gasteiger partial charge in [-0.2, -0.15) is 5.10 Å². The van der Waals surface area contributed by atoms with Gasteiger partial charge in [0, 0.05) is 12.8 Å². The van der Waals surface area contributed by atoms with Crippen molar-refractivity contribution in [2.75, 3.05) is 6.54 Å². The molecule has 0 saturated carbocycles. The second-order valence-corrected chi connectivity index (χ2v) is 3.41. The summed E-state index contributed by atoms with van der Waals surface area (Å²) in [7, 11) is 0. The van der Waals surface area contributed by atoms with Gasteiger partial charge in [-0.15, -0.1) is 0 Å². The second-order valence-electron chi connectivity index (χ2n) is 3.41. The fraction of sp³-hybridized carbons (Fsp3) is 0.500. The molecule has 0 bridgehead atoms. The standard InChI is InChI=1S/C10H14N2O3/c1-3-7(2)6-12-9(13)5-4-8(11-12)10(14)15/h2-6H2,1H3,(H,14,15). The zero-order valence-electron chi connectivity index (χ0n) is 8.69. The quantitative estimate of drug-likeness (QED) is 0.704. The van der Waals surface area contributed by atoms with Gasteiger partial charge in [0.2, 0.25) is 5.91 Å². The summed E-state index contributed by atoms with van der Waals surface area (Å²) in [6, 6.07) is 0. The number of amides is 1. The molecule has 0 unspecified atom stereocenters. The molecular weight excluding hydrogens is 196 g/mol. The Hall–Kier alpha value is -1.65. The Morgan fingerprint density at radius 1 is 1.60 bits per heavy atom. The molecule has 0 spiro atoms. The molecule has 0 aromatic carbocycles. The molecule has 5 heteroatoms. The lowest BCUT2D eigenvalue weighted by Gasteiger charge is -2.22. The van der Waals surface area contributed by atoms with Crippen LogP contribution in [-0.4, -0.2) is 34.2 Å². The average Bonchev–Trinajstić information content (AvgIpc) is 2.20. The number of aliphatic carboxylic acids is 1. The van der Waals surface area contributed by atoms with Crippen molar-refractivity contribution in [2.45, 2.75) is 26.2 Å². The number of nitrogens with zero attached hydrogens (tertiary/aromatic N) is 2. The predicted octanol–water partition coefficient (Wildman–Crippen LogP) is 1.02. The zero-order valence-corrected chi connectivity index (χ0v) is 8.69. The van der Waals surface area contributed by atoms with Crippen LogP contribution in [0.3, 0.4) is 0 Å². The Balaban J connectivity index is 2.76. The average molecular weight is 210 g/mol. The fourth-order valence-corrected chi connectivity index (χ4v) is 1.20. The summed E-state index contributed by atoms with van der Waals surface area (Å²) in [4.78, 5) is 22.1. The summed E-state index contributed by atoms with van der Waals surface area (Å²) in [5.74, 6) is -1.20. The van der Waals surface area contributed by atoms with E-state index in [4.69, 9.17) is 5.11 Å². The van der Waals surface area contributed by atoms with E-state index in [9.17, 15) is 9.59 Å². The van der Waals surface area contributed by atoms with Crippen molar-refractivity contribution in [3.05, 3.63) is 12.2 Å². The summed E-state index contributed by atoms with van der Waals surface area (Å²) in [5, 5.41) is 13.7. The molecule has 1 rings (SSSR count). The van der Waals surface area contributed by atoms with Gasteiger partial charge in [0.25, 0.3) is 0 Å². The molecule has 5 nitrogen and oxygen atoms in total. The number of rotatable bonds is 4. The molecule has 1 N–H and O–H groups in total. The number of hydrogen-bond donors (Lipinski definition) is 1. The van der Waals surface area contributed by atoms with Crippen LogP contribution >= 0.6 is 0 Å². The molecule has 15 heavy (non-hydrogen) atoms. The minimum Gasteiger partial charge on any atom is -0.477 e. The molecule has 0 aliphatic carbocycles. The van der Waals surface area contributed by atoms with Crippen LogP contribution in [0.4, 0.5) is 0 Å². The first-order valence-electron chi connectivity index (χ1n) is 4.82. The van der Waals surface area contributed by atoms with Crippen LogP contribution in [-0.2, 0) is 9.59 Å². The normalized spacial score (nSPS) is 16.2. The highest BCUT2D eigenvalue weighted by atomic mass is 16.4. The Bertz CT molecular complexity index is 334.